The molecule has 0 saturated carbocycles. The minimum atomic E-state index is 0.787. The standard InChI is InChI=1S/C11H13N3/c1-8-7-10(12)3-4-11(8)14-6-5-9(2)13-14/h3-7H,12H2,1-2H3. The van der Waals surface area contributed by atoms with E-state index in [9.17, 15) is 0 Å². The van der Waals surface area contributed by atoms with E-state index < -0.39 is 0 Å². The van der Waals surface area contributed by atoms with Crippen LogP contribution in [0.5, 0.6) is 0 Å². The van der Waals surface area contributed by atoms with Crippen LogP contribution in [0.4, 0.5) is 5.69 Å². The summed E-state index contributed by atoms with van der Waals surface area (Å²) >= 11 is 0. The number of anilines is 1. The smallest absolute Gasteiger partial charge is 0.0676 e. The van der Waals surface area contributed by atoms with Crippen LogP contribution in [0.1, 0.15) is 11.3 Å². The van der Waals surface area contributed by atoms with Crippen molar-refractivity contribution in [2.75, 3.05) is 5.73 Å². The third-order valence-electron chi connectivity index (χ3n) is 2.19. The maximum atomic E-state index is 5.68. The summed E-state index contributed by atoms with van der Waals surface area (Å²) in [6.45, 7) is 4.01. The van der Waals surface area contributed by atoms with Crippen LogP contribution >= 0.6 is 0 Å². The predicted molar refractivity (Wildman–Crippen MR) is 57.5 cm³/mol. The molecule has 2 rings (SSSR count). The number of hydrogen-bond donors (Lipinski definition) is 1. The van der Waals surface area contributed by atoms with Crippen molar-refractivity contribution in [1.82, 2.24) is 9.78 Å². The van der Waals surface area contributed by atoms with Crippen molar-refractivity contribution in [1.29, 1.82) is 0 Å². The van der Waals surface area contributed by atoms with Crippen molar-refractivity contribution < 1.29 is 0 Å². The van der Waals surface area contributed by atoms with Gasteiger partial charge in [0.1, 0.15) is 0 Å². The molecule has 0 unspecified atom stereocenters. The third kappa shape index (κ3) is 1.48. The first-order valence-electron chi connectivity index (χ1n) is 4.55. The van der Waals surface area contributed by atoms with E-state index in [0.717, 1.165) is 22.6 Å². The molecule has 1 heterocycles. The second-order valence-corrected chi connectivity index (χ2v) is 3.45. The summed E-state index contributed by atoms with van der Waals surface area (Å²) in [5.74, 6) is 0. The van der Waals surface area contributed by atoms with Gasteiger partial charge in [-0.05, 0) is 43.7 Å². The number of aromatic nitrogens is 2. The summed E-state index contributed by atoms with van der Waals surface area (Å²) in [7, 11) is 0. The van der Waals surface area contributed by atoms with Gasteiger partial charge in [0.15, 0.2) is 0 Å². The molecule has 3 nitrogen and oxygen atoms in total. The maximum Gasteiger partial charge on any atom is 0.0676 e. The van der Waals surface area contributed by atoms with E-state index in [-0.39, 0.29) is 0 Å². The second kappa shape index (κ2) is 3.18. The molecule has 0 aliphatic heterocycles. The first kappa shape index (κ1) is 8.81. The lowest BCUT2D eigenvalue weighted by Crippen LogP contribution is -1.98. The Morgan fingerprint density at radius 1 is 1.21 bits per heavy atom. The summed E-state index contributed by atoms with van der Waals surface area (Å²) in [6, 6.07) is 7.80. The van der Waals surface area contributed by atoms with Crippen molar-refractivity contribution in [3.8, 4) is 5.69 Å². The van der Waals surface area contributed by atoms with E-state index in [0.29, 0.717) is 0 Å². The minimum absolute atomic E-state index is 0.787. The van der Waals surface area contributed by atoms with Gasteiger partial charge in [-0.25, -0.2) is 4.68 Å². The number of aryl methyl sites for hydroxylation is 2. The minimum Gasteiger partial charge on any atom is -0.399 e. The zero-order valence-corrected chi connectivity index (χ0v) is 8.36. The lowest BCUT2D eigenvalue weighted by atomic mass is 10.2. The molecular weight excluding hydrogens is 174 g/mol. The molecular formula is C11H13N3. The number of hydrogen-bond acceptors (Lipinski definition) is 2. The van der Waals surface area contributed by atoms with Crippen LogP contribution in [0.25, 0.3) is 5.69 Å². The van der Waals surface area contributed by atoms with E-state index in [2.05, 4.69) is 5.10 Å². The average molecular weight is 187 g/mol. The van der Waals surface area contributed by atoms with Gasteiger partial charge in [-0.2, -0.15) is 5.10 Å². The van der Waals surface area contributed by atoms with Crippen molar-refractivity contribution in [3.05, 3.63) is 41.7 Å². The van der Waals surface area contributed by atoms with E-state index in [1.165, 1.54) is 0 Å². The number of rotatable bonds is 1. The summed E-state index contributed by atoms with van der Waals surface area (Å²) in [4.78, 5) is 0. The summed E-state index contributed by atoms with van der Waals surface area (Å²) in [5, 5.41) is 4.35. The first-order valence-corrected chi connectivity index (χ1v) is 4.55. The van der Waals surface area contributed by atoms with E-state index in [4.69, 9.17) is 5.73 Å². The molecule has 1 aromatic carbocycles. The number of nitrogens with two attached hydrogens (primary N) is 1. The highest BCUT2D eigenvalue weighted by Crippen LogP contribution is 2.16. The Labute approximate surface area is 83.2 Å². The van der Waals surface area contributed by atoms with Crippen LogP contribution < -0.4 is 5.73 Å². The molecule has 0 aliphatic carbocycles. The molecule has 0 spiro atoms. The highest BCUT2D eigenvalue weighted by molar-refractivity contribution is 5.50. The van der Waals surface area contributed by atoms with Crippen LogP contribution in [-0.4, -0.2) is 9.78 Å². The fourth-order valence-corrected chi connectivity index (χ4v) is 1.48. The summed E-state index contributed by atoms with van der Waals surface area (Å²) in [6.07, 6.45) is 1.95. The van der Waals surface area contributed by atoms with Gasteiger partial charge in [0, 0.05) is 11.9 Å². The number of nitrogens with zero attached hydrogens (tertiary/aromatic N) is 2. The van der Waals surface area contributed by atoms with Gasteiger partial charge in [-0.1, -0.05) is 0 Å². The van der Waals surface area contributed by atoms with Crippen LogP contribution in [0.3, 0.4) is 0 Å². The van der Waals surface area contributed by atoms with Crippen LogP contribution in [0.2, 0.25) is 0 Å². The predicted octanol–water partition coefficient (Wildman–Crippen LogP) is 2.07. The molecule has 72 valence electrons. The molecule has 14 heavy (non-hydrogen) atoms. The third-order valence-corrected chi connectivity index (χ3v) is 2.19. The summed E-state index contributed by atoms with van der Waals surface area (Å²) in [5.41, 5.74) is 9.69. The second-order valence-electron chi connectivity index (χ2n) is 3.45. The van der Waals surface area contributed by atoms with Gasteiger partial charge in [-0.15, -0.1) is 0 Å². The number of nitrogen functional groups attached to an aromatic ring is 1. The Bertz CT molecular complexity index is 457. The van der Waals surface area contributed by atoms with E-state index >= 15 is 0 Å². The lowest BCUT2D eigenvalue weighted by Gasteiger charge is -2.06. The topological polar surface area (TPSA) is 43.8 Å². The Morgan fingerprint density at radius 2 is 2.00 bits per heavy atom. The fraction of sp³-hybridized carbons (Fsp3) is 0.182. The van der Waals surface area contributed by atoms with Crippen LogP contribution in [0.15, 0.2) is 30.5 Å². The number of benzene rings is 1. The monoisotopic (exact) mass is 187 g/mol. The molecule has 0 atom stereocenters. The average Bonchev–Trinajstić information content (AvgIpc) is 2.51. The van der Waals surface area contributed by atoms with Gasteiger partial charge in [0.25, 0.3) is 0 Å². The quantitative estimate of drug-likeness (QED) is 0.694. The Hall–Kier alpha value is -1.77. The Morgan fingerprint density at radius 3 is 2.57 bits per heavy atom. The molecule has 0 aliphatic rings. The highest BCUT2D eigenvalue weighted by atomic mass is 15.3. The van der Waals surface area contributed by atoms with E-state index in [1.54, 1.807) is 0 Å². The SMILES string of the molecule is Cc1ccn(-c2ccc(N)cc2C)n1. The molecule has 2 aromatic rings. The van der Waals surface area contributed by atoms with Gasteiger partial charge < -0.3 is 5.73 Å². The molecule has 2 N–H and O–H groups in total. The van der Waals surface area contributed by atoms with Crippen LogP contribution in [-0.2, 0) is 0 Å². The molecule has 0 bridgehead atoms. The highest BCUT2D eigenvalue weighted by Gasteiger charge is 2.01. The van der Waals surface area contributed by atoms with Crippen molar-refractivity contribution in [2.45, 2.75) is 13.8 Å². The van der Waals surface area contributed by atoms with Crippen molar-refractivity contribution in [2.24, 2.45) is 0 Å². The zero-order chi connectivity index (χ0) is 10.1. The van der Waals surface area contributed by atoms with Gasteiger partial charge in [-0.3, -0.25) is 0 Å². The largest absolute Gasteiger partial charge is 0.399 e. The lowest BCUT2D eigenvalue weighted by molar-refractivity contribution is 0.856. The van der Waals surface area contributed by atoms with Crippen LogP contribution in [0, 0.1) is 13.8 Å². The van der Waals surface area contributed by atoms with E-state index in [1.807, 2.05) is 49.0 Å². The molecule has 0 saturated heterocycles. The molecule has 0 fully saturated rings. The normalized spacial score (nSPS) is 10.4. The van der Waals surface area contributed by atoms with Crippen molar-refractivity contribution >= 4 is 5.69 Å². The molecule has 0 amide bonds. The van der Waals surface area contributed by atoms with Gasteiger partial charge in [0.2, 0.25) is 0 Å². The molecule has 0 radical (unpaired) electrons. The summed E-state index contributed by atoms with van der Waals surface area (Å²) < 4.78 is 1.87. The Kier molecular flexibility index (Phi) is 2.00. The maximum absolute atomic E-state index is 5.68. The fourth-order valence-electron chi connectivity index (χ4n) is 1.48. The van der Waals surface area contributed by atoms with Gasteiger partial charge in [0.05, 0.1) is 11.4 Å². The zero-order valence-electron chi connectivity index (χ0n) is 8.36. The molecule has 1 aromatic heterocycles. The molecule has 3 heteroatoms. The van der Waals surface area contributed by atoms with Crippen molar-refractivity contribution in [3.63, 3.8) is 0 Å². The first-order chi connectivity index (χ1) is 6.66. The van der Waals surface area contributed by atoms with Gasteiger partial charge >= 0.3 is 0 Å². The Balaban J connectivity index is 2.52.